The number of rotatable bonds is 12. The van der Waals surface area contributed by atoms with Crippen LogP contribution >= 0.6 is 0 Å². The third-order valence-corrected chi connectivity index (χ3v) is 4.31. The summed E-state index contributed by atoms with van der Waals surface area (Å²) in [6.45, 7) is 1.73. The monoisotopic (exact) mass is 350 g/mol. The van der Waals surface area contributed by atoms with E-state index in [4.69, 9.17) is 5.11 Å². The summed E-state index contributed by atoms with van der Waals surface area (Å²) in [5.41, 5.74) is 0. The topological polar surface area (TPSA) is 94.8 Å². The lowest BCUT2D eigenvalue weighted by molar-refractivity contribution is -0.137. The minimum absolute atomic E-state index is 0.0115. The zero-order valence-electron chi connectivity index (χ0n) is 14.9. The molecule has 0 radical (unpaired) electrons. The first kappa shape index (κ1) is 21.3. The largest absolute Gasteiger partial charge is 0.481 e. The lowest BCUT2D eigenvalue weighted by Crippen LogP contribution is -2.14. The zero-order chi connectivity index (χ0) is 18.7. The quantitative estimate of drug-likeness (QED) is 0.371. The van der Waals surface area contributed by atoms with Gasteiger partial charge in [-0.15, -0.1) is 0 Å². The Bertz CT molecular complexity index is 504. The summed E-state index contributed by atoms with van der Waals surface area (Å²) in [6, 6.07) is 0. The highest BCUT2D eigenvalue weighted by molar-refractivity contribution is 5.95. The third-order valence-electron chi connectivity index (χ3n) is 4.31. The Kier molecular flexibility index (Phi) is 10.0. The van der Waals surface area contributed by atoms with Crippen molar-refractivity contribution in [2.75, 3.05) is 0 Å². The molecule has 0 bridgehead atoms. The van der Waals surface area contributed by atoms with E-state index in [1.165, 1.54) is 0 Å². The smallest absolute Gasteiger partial charge is 0.303 e. The highest BCUT2D eigenvalue weighted by atomic mass is 16.4. The van der Waals surface area contributed by atoms with Crippen LogP contribution in [0.2, 0.25) is 0 Å². The van der Waals surface area contributed by atoms with Crippen LogP contribution in [-0.2, 0) is 9.59 Å². The van der Waals surface area contributed by atoms with Crippen LogP contribution in [0.5, 0.6) is 0 Å². The second-order valence-corrected chi connectivity index (χ2v) is 6.67. The number of aliphatic hydroxyl groups is 2. The Morgan fingerprint density at radius 2 is 2.00 bits per heavy atom. The average Bonchev–Trinajstić information content (AvgIpc) is 2.88. The van der Waals surface area contributed by atoms with Gasteiger partial charge in [0.1, 0.15) is 0 Å². The van der Waals surface area contributed by atoms with Crippen molar-refractivity contribution >= 4 is 11.8 Å². The van der Waals surface area contributed by atoms with Gasteiger partial charge < -0.3 is 15.3 Å². The minimum atomic E-state index is -0.791. The van der Waals surface area contributed by atoms with Crippen molar-refractivity contribution in [1.82, 2.24) is 0 Å². The van der Waals surface area contributed by atoms with E-state index in [9.17, 15) is 19.8 Å². The molecule has 140 valence electrons. The summed E-state index contributed by atoms with van der Waals surface area (Å²) >= 11 is 0. The molecule has 1 aliphatic rings. The van der Waals surface area contributed by atoms with Gasteiger partial charge in [-0.3, -0.25) is 9.59 Å². The summed E-state index contributed by atoms with van der Waals surface area (Å²) in [6.07, 6.45) is 14.1. The van der Waals surface area contributed by atoms with E-state index in [0.717, 1.165) is 6.42 Å². The van der Waals surface area contributed by atoms with Gasteiger partial charge in [-0.1, -0.05) is 30.4 Å². The van der Waals surface area contributed by atoms with E-state index in [0.29, 0.717) is 32.1 Å². The molecule has 0 aromatic carbocycles. The molecular weight excluding hydrogens is 320 g/mol. The summed E-state index contributed by atoms with van der Waals surface area (Å²) in [5, 5.41) is 27.7. The van der Waals surface area contributed by atoms with Crippen molar-refractivity contribution in [2.45, 2.75) is 64.1 Å². The van der Waals surface area contributed by atoms with E-state index >= 15 is 0 Å². The fourth-order valence-electron chi connectivity index (χ4n) is 2.83. The van der Waals surface area contributed by atoms with E-state index < -0.39 is 12.1 Å². The van der Waals surface area contributed by atoms with Gasteiger partial charge in [0.2, 0.25) is 0 Å². The first-order valence-corrected chi connectivity index (χ1v) is 9.03. The summed E-state index contributed by atoms with van der Waals surface area (Å²) in [5.74, 6) is -0.853. The van der Waals surface area contributed by atoms with Gasteiger partial charge in [0.05, 0.1) is 12.2 Å². The van der Waals surface area contributed by atoms with Crippen molar-refractivity contribution in [1.29, 1.82) is 0 Å². The van der Waals surface area contributed by atoms with Gasteiger partial charge in [0.25, 0.3) is 0 Å². The Balaban J connectivity index is 2.38. The molecule has 0 saturated carbocycles. The number of allylic oxidation sites excluding steroid dienone is 5. The maximum absolute atomic E-state index is 12.0. The fourth-order valence-corrected chi connectivity index (χ4v) is 2.83. The average molecular weight is 350 g/mol. The van der Waals surface area contributed by atoms with Crippen LogP contribution in [0, 0.1) is 11.8 Å². The number of carboxylic acid groups (broad SMARTS) is 1. The van der Waals surface area contributed by atoms with Gasteiger partial charge in [-0.25, -0.2) is 0 Å². The molecule has 1 aliphatic carbocycles. The van der Waals surface area contributed by atoms with Crippen molar-refractivity contribution in [2.24, 2.45) is 11.8 Å². The molecular formula is C20H30O5. The Labute approximate surface area is 149 Å². The van der Waals surface area contributed by atoms with Crippen LogP contribution in [-0.4, -0.2) is 39.3 Å². The van der Waals surface area contributed by atoms with Crippen molar-refractivity contribution in [3.05, 3.63) is 36.5 Å². The molecule has 4 atom stereocenters. The first-order valence-electron chi connectivity index (χ1n) is 9.03. The molecule has 0 fully saturated rings. The molecule has 0 amide bonds. The van der Waals surface area contributed by atoms with Gasteiger partial charge in [-0.2, -0.15) is 0 Å². The SMILES string of the molecule is C[C@H](O)CCC[C@@H](O)C=C[C@@H]1C=CC(=O)[C@H]1CC=CCCCC(=O)O. The fraction of sp³-hybridized carbons (Fsp3) is 0.600. The number of ketones is 1. The zero-order valence-corrected chi connectivity index (χ0v) is 14.9. The Morgan fingerprint density at radius 3 is 2.68 bits per heavy atom. The van der Waals surface area contributed by atoms with Crippen molar-refractivity contribution in [3.8, 4) is 0 Å². The number of aliphatic carboxylic acids is 1. The molecule has 5 nitrogen and oxygen atoms in total. The molecule has 1 rings (SSSR count). The van der Waals surface area contributed by atoms with Crippen LogP contribution in [0.3, 0.4) is 0 Å². The second-order valence-electron chi connectivity index (χ2n) is 6.67. The molecule has 5 heteroatoms. The van der Waals surface area contributed by atoms with Crippen LogP contribution in [0.15, 0.2) is 36.5 Å². The summed E-state index contributed by atoms with van der Waals surface area (Å²) in [7, 11) is 0. The first-order chi connectivity index (χ1) is 11.9. The third kappa shape index (κ3) is 9.37. The minimum Gasteiger partial charge on any atom is -0.481 e. The van der Waals surface area contributed by atoms with E-state index in [-0.39, 0.29) is 30.1 Å². The van der Waals surface area contributed by atoms with Crippen molar-refractivity contribution in [3.63, 3.8) is 0 Å². The van der Waals surface area contributed by atoms with Gasteiger partial charge in [0.15, 0.2) is 5.78 Å². The molecule has 0 aliphatic heterocycles. The maximum atomic E-state index is 12.0. The van der Waals surface area contributed by atoms with Crippen LogP contribution < -0.4 is 0 Å². The standard InChI is InChI=1S/C20H30O5/c1-15(21)7-6-8-17(22)13-11-16-12-14-19(23)18(16)9-4-2-3-5-10-20(24)25/h2,4,11-18,21-22H,3,5-10H2,1H3,(H,24,25)/t15-,16+,17+,18-/m0/s1. The molecule has 0 saturated heterocycles. The highest BCUT2D eigenvalue weighted by Crippen LogP contribution is 2.27. The van der Waals surface area contributed by atoms with Crippen LogP contribution in [0.1, 0.15) is 51.9 Å². The van der Waals surface area contributed by atoms with E-state index in [1.807, 2.05) is 24.3 Å². The number of unbranched alkanes of at least 4 members (excludes halogenated alkanes) is 1. The lowest BCUT2D eigenvalue weighted by atomic mass is 9.90. The molecule has 0 spiro atoms. The second kappa shape index (κ2) is 11.8. The number of carbonyl (C=O) groups is 2. The number of carbonyl (C=O) groups excluding carboxylic acids is 1. The Hall–Kier alpha value is -1.72. The molecule has 3 N–H and O–H groups in total. The van der Waals surface area contributed by atoms with Crippen LogP contribution in [0.25, 0.3) is 0 Å². The number of carboxylic acids is 1. The Morgan fingerprint density at radius 1 is 1.24 bits per heavy atom. The molecule has 0 aromatic rings. The number of hydrogen-bond acceptors (Lipinski definition) is 4. The number of hydrogen-bond donors (Lipinski definition) is 3. The lowest BCUT2D eigenvalue weighted by Gasteiger charge is -2.13. The van der Waals surface area contributed by atoms with Gasteiger partial charge >= 0.3 is 5.97 Å². The van der Waals surface area contributed by atoms with Crippen molar-refractivity contribution < 1.29 is 24.9 Å². The van der Waals surface area contributed by atoms with Gasteiger partial charge in [0, 0.05) is 18.3 Å². The van der Waals surface area contributed by atoms with E-state index in [1.54, 1.807) is 19.1 Å². The molecule has 0 heterocycles. The predicted octanol–water partition coefficient (Wildman–Crippen LogP) is 3.03. The number of aliphatic hydroxyl groups excluding tert-OH is 2. The predicted molar refractivity (Wildman–Crippen MR) is 97.0 cm³/mol. The van der Waals surface area contributed by atoms with Gasteiger partial charge in [-0.05, 0) is 51.5 Å². The normalized spacial score (nSPS) is 22.9. The summed E-state index contributed by atoms with van der Waals surface area (Å²) in [4.78, 5) is 22.4. The van der Waals surface area contributed by atoms with Crippen LogP contribution in [0.4, 0.5) is 0 Å². The highest BCUT2D eigenvalue weighted by Gasteiger charge is 2.27. The van der Waals surface area contributed by atoms with E-state index in [2.05, 4.69) is 0 Å². The maximum Gasteiger partial charge on any atom is 0.303 e. The molecule has 25 heavy (non-hydrogen) atoms. The molecule has 0 unspecified atom stereocenters. The molecule has 0 aromatic heterocycles. The summed E-state index contributed by atoms with van der Waals surface area (Å²) < 4.78 is 0.